The predicted molar refractivity (Wildman–Crippen MR) is 128 cm³/mol. The molecule has 0 spiro atoms. The van der Waals surface area contributed by atoms with Gasteiger partial charge in [0.25, 0.3) is 0 Å². The fraction of sp³-hybridized carbons (Fsp3) is 0.345. The summed E-state index contributed by atoms with van der Waals surface area (Å²) < 4.78 is 5.99. The van der Waals surface area contributed by atoms with Crippen molar-refractivity contribution in [3.05, 3.63) is 108 Å². The summed E-state index contributed by atoms with van der Waals surface area (Å²) in [5.74, 6) is 2.22. The summed E-state index contributed by atoms with van der Waals surface area (Å²) in [6.45, 7) is 3.08. The van der Waals surface area contributed by atoms with Crippen LogP contribution in [-0.2, 0) is 0 Å². The Kier molecular flexibility index (Phi) is 9.53. The van der Waals surface area contributed by atoms with Crippen molar-refractivity contribution in [3.8, 4) is 5.75 Å². The maximum atomic E-state index is 5.99. The highest BCUT2D eigenvalue weighted by atomic mass is 16.5. The van der Waals surface area contributed by atoms with E-state index in [4.69, 9.17) is 4.74 Å². The van der Waals surface area contributed by atoms with Gasteiger partial charge in [0.2, 0.25) is 0 Å². The van der Waals surface area contributed by atoms with Crippen LogP contribution in [0.1, 0.15) is 75.0 Å². The van der Waals surface area contributed by atoms with E-state index in [1.165, 1.54) is 67.6 Å². The van der Waals surface area contributed by atoms with Crippen LogP contribution in [-0.4, -0.2) is 6.61 Å². The van der Waals surface area contributed by atoms with Crippen LogP contribution in [0.2, 0.25) is 0 Å². The lowest BCUT2D eigenvalue weighted by Gasteiger charge is -2.18. The quantitative estimate of drug-likeness (QED) is 0.208. The van der Waals surface area contributed by atoms with E-state index >= 15 is 0 Å². The Bertz CT molecular complexity index is 769. The third kappa shape index (κ3) is 7.06. The average molecular weight is 400 g/mol. The molecule has 0 aromatic heterocycles. The number of ether oxygens (including phenoxy) is 1. The van der Waals surface area contributed by atoms with Gasteiger partial charge >= 0.3 is 0 Å². The van der Waals surface area contributed by atoms with Crippen molar-refractivity contribution in [2.45, 2.75) is 58.3 Å². The summed E-state index contributed by atoms with van der Waals surface area (Å²) >= 11 is 0. The van der Waals surface area contributed by atoms with Crippen LogP contribution >= 0.6 is 0 Å². The van der Waals surface area contributed by atoms with E-state index < -0.39 is 0 Å². The van der Waals surface area contributed by atoms with Crippen LogP contribution < -0.4 is 4.74 Å². The Balaban J connectivity index is 1.52. The van der Waals surface area contributed by atoms with Crippen LogP contribution in [0.15, 0.2) is 84.9 Å². The first-order valence-electron chi connectivity index (χ1n) is 11.6. The smallest absolute Gasteiger partial charge is 0.119 e. The fourth-order valence-electron chi connectivity index (χ4n) is 3.85. The zero-order valence-electron chi connectivity index (χ0n) is 18.4. The maximum absolute atomic E-state index is 5.99. The summed E-state index contributed by atoms with van der Waals surface area (Å²) in [5.41, 5.74) is 3.68. The summed E-state index contributed by atoms with van der Waals surface area (Å²) in [6.07, 6.45) is 10.6. The van der Waals surface area contributed by atoms with Crippen LogP contribution in [0.5, 0.6) is 5.75 Å². The largest absolute Gasteiger partial charge is 0.494 e. The lowest BCUT2D eigenvalue weighted by Crippen LogP contribution is -2.04. The first kappa shape index (κ1) is 22.2. The Morgan fingerprint density at radius 2 is 1.00 bits per heavy atom. The van der Waals surface area contributed by atoms with E-state index in [1.807, 2.05) is 0 Å². The zero-order valence-corrected chi connectivity index (χ0v) is 18.4. The molecule has 1 radical (unpaired) electrons. The second kappa shape index (κ2) is 12.9. The molecule has 0 unspecified atom stereocenters. The van der Waals surface area contributed by atoms with Crippen molar-refractivity contribution in [2.24, 2.45) is 0 Å². The molecule has 157 valence electrons. The second-order valence-corrected chi connectivity index (χ2v) is 7.95. The molecule has 0 amide bonds. The van der Waals surface area contributed by atoms with Crippen molar-refractivity contribution in [2.75, 3.05) is 6.61 Å². The Labute approximate surface area is 183 Å². The van der Waals surface area contributed by atoms with E-state index in [2.05, 4.69) is 91.9 Å². The Morgan fingerprint density at radius 1 is 0.533 bits per heavy atom. The van der Waals surface area contributed by atoms with Gasteiger partial charge in [0.15, 0.2) is 0 Å². The van der Waals surface area contributed by atoms with Gasteiger partial charge in [-0.25, -0.2) is 0 Å². The molecule has 0 atom stereocenters. The molecule has 3 aromatic rings. The number of unbranched alkanes of at least 4 members (excludes halogenated alkanes) is 7. The number of rotatable bonds is 13. The highest BCUT2D eigenvalue weighted by Crippen LogP contribution is 2.31. The second-order valence-electron chi connectivity index (χ2n) is 7.95. The van der Waals surface area contributed by atoms with Gasteiger partial charge in [-0.1, -0.05) is 125 Å². The van der Waals surface area contributed by atoms with Crippen LogP contribution in [0.25, 0.3) is 0 Å². The van der Waals surface area contributed by atoms with Gasteiger partial charge in [0.1, 0.15) is 5.75 Å². The van der Waals surface area contributed by atoms with E-state index in [0.29, 0.717) is 0 Å². The molecule has 0 saturated heterocycles. The van der Waals surface area contributed by atoms with Gasteiger partial charge in [-0.15, -0.1) is 0 Å². The van der Waals surface area contributed by atoms with Gasteiger partial charge in [-0.2, -0.15) is 0 Å². The lowest BCUT2D eigenvalue weighted by molar-refractivity contribution is 0.304. The van der Waals surface area contributed by atoms with Crippen LogP contribution in [0.4, 0.5) is 0 Å². The van der Waals surface area contributed by atoms with E-state index in [0.717, 1.165) is 18.8 Å². The SMILES string of the molecule is CCCCCCCCCCOc1ccc([C](c2ccccc2)c2ccccc2)cc1. The van der Waals surface area contributed by atoms with Crippen LogP contribution in [0, 0.1) is 5.92 Å². The highest BCUT2D eigenvalue weighted by Gasteiger charge is 2.17. The van der Waals surface area contributed by atoms with Gasteiger partial charge in [-0.05, 0) is 35.2 Å². The first-order chi connectivity index (χ1) is 14.9. The molecule has 0 fully saturated rings. The third-order valence-corrected chi connectivity index (χ3v) is 5.53. The molecule has 0 N–H and O–H groups in total. The van der Waals surface area contributed by atoms with Crippen LogP contribution in [0.3, 0.4) is 0 Å². The van der Waals surface area contributed by atoms with Gasteiger partial charge < -0.3 is 4.74 Å². The molecule has 0 heterocycles. The molecule has 3 rings (SSSR count). The summed E-state index contributed by atoms with van der Waals surface area (Å²) in [6, 6.07) is 29.8. The number of hydrogen-bond donors (Lipinski definition) is 0. The molecule has 0 aliphatic carbocycles. The van der Waals surface area contributed by atoms with E-state index in [9.17, 15) is 0 Å². The molecule has 0 bridgehead atoms. The molecule has 1 nitrogen and oxygen atoms in total. The minimum absolute atomic E-state index is 0.808. The molecule has 1 heteroatoms. The molecular formula is C29H35O. The third-order valence-electron chi connectivity index (χ3n) is 5.53. The molecule has 0 aliphatic heterocycles. The van der Waals surface area contributed by atoms with Gasteiger partial charge in [-0.3, -0.25) is 0 Å². The van der Waals surface area contributed by atoms with Gasteiger partial charge in [0, 0.05) is 0 Å². The van der Waals surface area contributed by atoms with Crippen molar-refractivity contribution < 1.29 is 4.74 Å². The first-order valence-corrected chi connectivity index (χ1v) is 11.6. The molecular weight excluding hydrogens is 364 g/mol. The molecule has 3 aromatic carbocycles. The van der Waals surface area contributed by atoms with Gasteiger partial charge in [0.05, 0.1) is 12.5 Å². The van der Waals surface area contributed by atoms with Crippen molar-refractivity contribution >= 4 is 0 Å². The minimum Gasteiger partial charge on any atom is -0.494 e. The zero-order chi connectivity index (χ0) is 20.9. The van der Waals surface area contributed by atoms with Crippen molar-refractivity contribution in [1.29, 1.82) is 0 Å². The Morgan fingerprint density at radius 3 is 1.53 bits per heavy atom. The average Bonchev–Trinajstić information content (AvgIpc) is 2.81. The van der Waals surface area contributed by atoms with E-state index in [-0.39, 0.29) is 0 Å². The minimum atomic E-state index is 0.808. The molecule has 30 heavy (non-hydrogen) atoms. The fourth-order valence-corrected chi connectivity index (χ4v) is 3.85. The Hall–Kier alpha value is -2.54. The maximum Gasteiger partial charge on any atom is 0.119 e. The summed E-state index contributed by atoms with van der Waals surface area (Å²) in [4.78, 5) is 0. The standard InChI is InChI=1S/C29H35O/c1-2-3-4-5-6-7-8-15-24-30-28-22-20-27(21-23-28)29(25-16-11-9-12-17-25)26-18-13-10-14-19-26/h9-14,16-23H,2-8,15,24H2,1H3. The van der Waals surface area contributed by atoms with Crippen molar-refractivity contribution in [1.82, 2.24) is 0 Å². The number of benzene rings is 3. The monoisotopic (exact) mass is 399 g/mol. The normalized spacial score (nSPS) is 11.0. The summed E-state index contributed by atoms with van der Waals surface area (Å²) in [5, 5.41) is 0. The highest BCUT2D eigenvalue weighted by molar-refractivity contribution is 5.57. The molecule has 0 aliphatic rings. The number of hydrogen-bond acceptors (Lipinski definition) is 1. The topological polar surface area (TPSA) is 9.23 Å². The predicted octanol–water partition coefficient (Wildman–Crippen LogP) is 8.23. The summed E-state index contributed by atoms with van der Waals surface area (Å²) in [7, 11) is 0. The lowest BCUT2D eigenvalue weighted by atomic mass is 9.85. The van der Waals surface area contributed by atoms with E-state index in [1.54, 1.807) is 0 Å². The molecule has 0 saturated carbocycles. The van der Waals surface area contributed by atoms with Crippen molar-refractivity contribution in [3.63, 3.8) is 0 Å².